The van der Waals surface area contributed by atoms with E-state index < -0.39 is 11.4 Å². The Hall–Kier alpha value is -1.91. The van der Waals surface area contributed by atoms with Crippen LogP contribution in [-0.4, -0.2) is 28.0 Å². The summed E-state index contributed by atoms with van der Waals surface area (Å²) in [5.74, 6) is -1.07. The van der Waals surface area contributed by atoms with Crippen LogP contribution in [0, 0.1) is 5.41 Å². The molecule has 2 rings (SSSR count). The van der Waals surface area contributed by atoms with Gasteiger partial charge in [0.15, 0.2) is 0 Å². The molecule has 1 aromatic heterocycles. The summed E-state index contributed by atoms with van der Waals surface area (Å²) in [4.78, 5) is 27.4. The van der Waals surface area contributed by atoms with E-state index in [1.54, 1.807) is 31.5 Å². The Morgan fingerprint density at radius 3 is 2.68 bits per heavy atom. The molecule has 0 aliphatic heterocycles. The van der Waals surface area contributed by atoms with Crippen molar-refractivity contribution in [2.24, 2.45) is 5.41 Å². The maximum Gasteiger partial charge on any atom is 0.311 e. The monoisotopic (exact) mass is 262 g/mol. The first-order chi connectivity index (χ1) is 9.04. The van der Waals surface area contributed by atoms with Crippen molar-refractivity contribution in [2.75, 3.05) is 0 Å². The molecule has 5 nitrogen and oxygen atoms in total. The summed E-state index contributed by atoms with van der Waals surface area (Å²) in [5, 5.41) is 12.2. The molecule has 1 heterocycles. The van der Waals surface area contributed by atoms with E-state index in [1.165, 1.54) is 0 Å². The molecule has 1 fully saturated rings. The summed E-state index contributed by atoms with van der Waals surface area (Å²) in [6, 6.07) is 2.92. The lowest BCUT2D eigenvalue weighted by Crippen LogP contribution is -2.52. The third-order valence-electron chi connectivity index (χ3n) is 3.94. The molecule has 0 saturated heterocycles. The topological polar surface area (TPSA) is 79.3 Å². The minimum absolute atomic E-state index is 0.234. The minimum atomic E-state index is -0.874. The number of rotatable bonds is 3. The number of aliphatic carboxylic acids is 1. The van der Waals surface area contributed by atoms with Crippen molar-refractivity contribution in [3.8, 4) is 0 Å². The van der Waals surface area contributed by atoms with Crippen LogP contribution in [-0.2, 0) is 4.79 Å². The summed E-state index contributed by atoms with van der Waals surface area (Å²) in [6.07, 6.45) is 6.25. The smallest absolute Gasteiger partial charge is 0.311 e. The second-order valence-electron chi connectivity index (χ2n) is 5.23. The molecule has 5 heteroatoms. The molecule has 1 aliphatic rings. The van der Waals surface area contributed by atoms with Crippen LogP contribution in [0.15, 0.2) is 24.5 Å². The van der Waals surface area contributed by atoms with E-state index in [0.29, 0.717) is 18.4 Å². The van der Waals surface area contributed by atoms with Crippen molar-refractivity contribution in [3.05, 3.63) is 30.1 Å². The van der Waals surface area contributed by atoms with Crippen molar-refractivity contribution >= 4 is 11.9 Å². The molecule has 1 saturated carbocycles. The Kier molecular flexibility index (Phi) is 3.83. The number of carboxylic acids is 1. The number of carboxylic acid groups (broad SMARTS) is 1. The molecule has 0 spiro atoms. The maximum absolute atomic E-state index is 12.1. The van der Waals surface area contributed by atoms with Gasteiger partial charge >= 0.3 is 5.97 Å². The first-order valence-electron chi connectivity index (χ1n) is 6.48. The van der Waals surface area contributed by atoms with Crippen molar-refractivity contribution < 1.29 is 14.7 Å². The number of amides is 1. The quantitative estimate of drug-likeness (QED) is 0.871. The zero-order chi connectivity index (χ0) is 13.9. The number of nitrogens with one attached hydrogen (secondary N) is 1. The zero-order valence-electron chi connectivity index (χ0n) is 10.9. The van der Waals surface area contributed by atoms with Gasteiger partial charge in [0.2, 0.25) is 0 Å². The lowest BCUT2D eigenvalue weighted by Gasteiger charge is -2.38. The number of hydrogen-bond donors (Lipinski definition) is 2. The molecule has 102 valence electrons. The maximum atomic E-state index is 12.1. The third-order valence-corrected chi connectivity index (χ3v) is 3.94. The number of nitrogens with zero attached hydrogens (tertiary/aromatic N) is 1. The van der Waals surface area contributed by atoms with Gasteiger partial charge in [-0.05, 0) is 31.9 Å². The fourth-order valence-electron chi connectivity index (χ4n) is 2.57. The molecule has 1 aliphatic carbocycles. The van der Waals surface area contributed by atoms with Crippen LogP contribution in [0.25, 0.3) is 0 Å². The molecule has 2 N–H and O–H groups in total. The Bertz CT molecular complexity index is 475. The van der Waals surface area contributed by atoms with E-state index in [1.807, 2.05) is 0 Å². The Morgan fingerprint density at radius 2 is 2.05 bits per heavy atom. The fraction of sp³-hybridized carbons (Fsp3) is 0.500. The predicted octanol–water partition coefficient (Wildman–Crippen LogP) is 1.84. The standard InChI is InChI=1S/C14H18N2O3/c1-14(13(18)19)7-3-2-4-11(14)16-12(17)10-5-8-15-9-6-10/h5-6,8-9,11H,2-4,7H2,1H3,(H,16,17)(H,18,19). The number of carbonyl (C=O) groups excluding carboxylic acids is 1. The van der Waals surface area contributed by atoms with Crippen molar-refractivity contribution in [2.45, 2.75) is 38.6 Å². The number of carbonyl (C=O) groups is 2. The van der Waals surface area contributed by atoms with Gasteiger partial charge in [-0.25, -0.2) is 0 Å². The number of hydrogen-bond acceptors (Lipinski definition) is 3. The van der Waals surface area contributed by atoms with Gasteiger partial charge in [-0.1, -0.05) is 12.8 Å². The third kappa shape index (κ3) is 2.75. The molecule has 2 unspecified atom stereocenters. The van der Waals surface area contributed by atoms with E-state index >= 15 is 0 Å². The van der Waals surface area contributed by atoms with Crippen LogP contribution in [0.5, 0.6) is 0 Å². The summed E-state index contributed by atoms with van der Waals surface area (Å²) in [5.41, 5.74) is -0.366. The molecule has 19 heavy (non-hydrogen) atoms. The van der Waals surface area contributed by atoms with Crippen LogP contribution in [0.3, 0.4) is 0 Å². The largest absolute Gasteiger partial charge is 0.481 e. The van der Waals surface area contributed by atoms with Crippen molar-refractivity contribution in [1.82, 2.24) is 10.3 Å². The molecule has 0 radical (unpaired) electrons. The van der Waals surface area contributed by atoms with Crippen LogP contribution in [0.1, 0.15) is 43.0 Å². The van der Waals surface area contributed by atoms with Gasteiger partial charge in [-0.15, -0.1) is 0 Å². The van der Waals surface area contributed by atoms with Gasteiger partial charge in [-0.2, -0.15) is 0 Å². The molecule has 1 aromatic rings. The van der Waals surface area contributed by atoms with Crippen molar-refractivity contribution in [1.29, 1.82) is 0 Å². The van der Waals surface area contributed by atoms with Gasteiger partial charge in [-0.3, -0.25) is 14.6 Å². The van der Waals surface area contributed by atoms with Gasteiger partial charge in [0.1, 0.15) is 0 Å². The normalized spacial score (nSPS) is 26.7. The highest BCUT2D eigenvalue weighted by Crippen LogP contribution is 2.36. The van der Waals surface area contributed by atoms with Crippen LogP contribution >= 0.6 is 0 Å². The first-order valence-corrected chi connectivity index (χ1v) is 6.48. The van der Waals surface area contributed by atoms with E-state index in [2.05, 4.69) is 10.3 Å². The minimum Gasteiger partial charge on any atom is -0.481 e. The second kappa shape index (κ2) is 5.38. The number of pyridine rings is 1. The summed E-state index contributed by atoms with van der Waals surface area (Å²) in [7, 11) is 0. The first kappa shape index (κ1) is 13.5. The molecular formula is C14H18N2O3. The predicted molar refractivity (Wildman–Crippen MR) is 69.7 cm³/mol. The SMILES string of the molecule is CC1(C(=O)O)CCCCC1NC(=O)c1ccncc1. The lowest BCUT2D eigenvalue weighted by atomic mass is 9.71. The lowest BCUT2D eigenvalue weighted by molar-refractivity contribution is -0.151. The fourth-order valence-corrected chi connectivity index (χ4v) is 2.57. The molecule has 0 aromatic carbocycles. The summed E-state index contributed by atoms with van der Waals surface area (Å²) in [6.45, 7) is 1.71. The Labute approximate surface area is 112 Å². The van der Waals surface area contributed by atoms with Gasteiger partial charge in [0, 0.05) is 24.0 Å². The van der Waals surface area contributed by atoms with E-state index in [9.17, 15) is 14.7 Å². The average molecular weight is 262 g/mol. The highest BCUT2D eigenvalue weighted by molar-refractivity contribution is 5.94. The summed E-state index contributed by atoms with van der Waals surface area (Å²) < 4.78 is 0. The van der Waals surface area contributed by atoms with E-state index in [0.717, 1.165) is 12.8 Å². The second-order valence-corrected chi connectivity index (χ2v) is 5.23. The summed E-state index contributed by atoms with van der Waals surface area (Å²) >= 11 is 0. The molecule has 1 amide bonds. The van der Waals surface area contributed by atoms with Gasteiger partial charge < -0.3 is 10.4 Å². The van der Waals surface area contributed by atoms with Gasteiger partial charge in [0.25, 0.3) is 5.91 Å². The Morgan fingerprint density at radius 1 is 1.37 bits per heavy atom. The van der Waals surface area contributed by atoms with Gasteiger partial charge in [0.05, 0.1) is 5.41 Å². The molecular weight excluding hydrogens is 244 g/mol. The van der Waals surface area contributed by atoms with Crippen LogP contribution in [0.2, 0.25) is 0 Å². The van der Waals surface area contributed by atoms with Crippen LogP contribution < -0.4 is 5.32 Å². The van der Waals surface area contributed by atoms with E-state index in [4.69, 9.17) is 0 Å². The van der Waals surface area contributed by atoms with Crippen molar-refractivity contribution in [3.63, 3.8) is 0 Å². The highest BCUT2D eigenvalue weighted by atomic mass is 16.4. The number of aromatic nitrogens is 1. The molecule has 0 bridgehead atoms. The Balaban J connectivity index is 2.12. The molecule has 2 atom stereocenters. The van der Waals surface area contributed by atoms with E-state index in [-0.39, 0.29) is 11.9 Å². The zero-order valence-corrected chi connectivity index (χ0v) is 10.9. The van der Waals surface area contributed by atoms with Crippen LogP contribution in [0.4, 0.5) is 0 Å². The highest BCUT2D eigenvalue weighted by Gasteiger charge is 2.43. The average Bonchev–Trinajstić information content (AvgIpc) is 2.42.